The number of hydrogen-bond donors (Lipinski definition) is 2. The Morgan fingerprint density at radius 3 is 2.00 bits per heavy atom. The molecular formula is C17H18O4. The zero-order chi connectivity index (χ0) is 15.4. The van der Waals surface area contributed by atoms with E-state index in [1.807, 2.05) is 37.3 Å². The molecule has 0 aliphatic carbocycles. The molecule has 0 atom stereocenters. The van der Waals surface area contributed by atoms with Crippen molar-refractivity contribution >= 4 is 22.7 Å². The van der Waals surface area contributed by atoms with Crippen LogP contribution in [0.3, 0.4) is 0 Å². The standard InChI is InChI=1S/C17H18O4/c1-11-12(6-8-16(18)19)10-13(7-9-17(20)21)15-5-3-2-4-14(11)15/h2-5,10H,6-9H2,1H3,(H,18,19)(H,20,21). The summed E-state index contributed by atoms with van der Waals surface area (Å²) in [5.74, 6) is -1.65. The Morgan fingerprint density at radius 2 is 1.43 bits per heavy atom. The predicted molar refractivity (Wildman–Crippen MR) is 80.6 cm³/mol. The third-order valence-electron chi connectivity index (χ3n) is 3.72. The minimum Gasteiger partial charge on any atom is -0.481 e. The van der Waals surface area contributed by atoms with Crippen molar-refractivity contribution in [2.75, 3.05) is 0 Å². The van der Waals surface area contributed by atoms with Gasteiger partial charge < -0.3 is 10.2 Å². The first-order chi connectivity index (χ1) is 9.99. The van der Waals surface area contributed by atoms with Crippen molar-refractivity contribution in [2.24, 2.45) is 0 Å². The van der Waals surface area contributed by atoms with E-state index in [1.165, 1.54) is 0 Å². The van der Waals surface area contributed by atoms with E-state index in [0.717, 1.165) is 27.5 Å². The maximum absolute atomic E-state index is 10.8. The Bertz CT molecular complexity index is 688. The van der Waals surface area contributed by atoms with Crippen LogP contribution in [0.15, 0.2) is 30.3 Å². The van der Waals surface area contributed by atoms with Crippen molar-refractivity contribution in [3.63, 3.8) is 0 Å². The molecule has 0 aromatic heterocycles. The SMILES string of the molecule is Cc1c(CCC(=O)O)cc(CCC(=O)O)c2ccccc12. The average molecular weight is 286 g/mol. The summed E-state index contributed by atoms with van der Waals surface area (Å²) < 4.78 is 0. The minimum absolute atomic E-state index is 0.0748. The van der Waals surface area contributed by atoms with Crippen LogP contribution >= 0.6 is 0 Å². The second-order valence-corrected chi connectivity index (χ2v) is 5.15. The number of aliphatic carboxylic acids is 2. The number of aryl methyl sites for hydroxylation is 3. The quantitative estimate of drug-likeness (QED) is 0.855. The normalized spacial score (nSPS) is 10.7. The van der Waals surface area contributed by atoms with Gasteiger partial charge in [0.2, 0.25) is 0 Å². The first-order valence-corrected chi connectivity index (χ1v) is 6.92. The summed E-state index contributed by atoms with van der Waals surface area (Å²) in [7, 11) is 0. The highest BCUT2D eigenvalue weighted by Gasteiger charge is 2.11. The van der Waals surface area contributed by atoms with Crippen molar-refractivity contribution in [3.8, 4) is 0 Å². The van der Waals surface area contributed by atoms with E-state index >= 15 is 0 Å². The van der Waals surface area contributed by atoms with Crippen LogP contribution in [0.25, 0.3) is 10.8 Å². The molecule has 2 aromatic rings. The van der Waals surface area contributed by atoms with Crippen molar-refractivity contribution in [1.29, 1.82) is 0 Å². The largest absolute Gasteiger partial charge is 0.481 e. The van der Waals surface area contributed by atoms with Gasteiger partial charge in [-0.1, -0.05) is 30.3 Å². The van der Waals surface area contributed by atoms with Gasteiger partial charge in [-0.05, 0) is 47.2 Å². The second-order valence-electron chi connectivity index (χ2n) is 5.15. The van der Waals surface area contributed by atoms with Crippen molar-refractivity contribution in [3.05, 3.63) is 47.0 Å². The molecule has 4 nitrogen and oxygen atoms in total. The smallest absolute Gasteiger partial charge is 0.303 e. The molecule has 0 saturated carbocycles. The summed E-state index contributed by atoms with van der Waals surface area (Å²) in [6.07, 6.45) is 1.07. The maximum atomic E-state index is 10.8. The summed E-state index contributed by atoms with van der Waals surface area (Å²) in [5, 5.41) is 19.8. The maximum Gasteiger partial charge on any atom is 0.303 e. The first kappa shape index (κ1) is 15.0. The van der Waals surface area contributed by atoms with E-state index in [9.17, 15) is 9.59 Å². The molecule has 4 heteroatoms. The van der Waals surface area contributed by atoms with Gasteiger partial charge in [-0.25, -0.2) is 0 Å². The Kier molecular flexibility index (Phi) is 4.58. The van der Waals surface area contributed by atoms with Gasteiger partial charge in [0, 0.05) is 12.8 Å². The molecule has 21 heavy (non-hydrogen) atoms. The van der Waals surface area contributed by atoms with Gasteiger partial charge >= 0.3 is 11.9 Å². The van der Waals surface area contributed by atoms with Gasteiger partial charge in [0.25, 0.3) is 0 Å². The number of carbonyl (C=O) groups is 2. The lowest BCUT2D eigenvalue weighted by Gasteiger charge is -2.13. The fraction of sp³-hybridized carbons (Fsp3) is 0.294. The molecule has 0 heterocycles. The lowest BCUT2D eigenvalue weighted by Crippen LogP contribution is -2.03. The molecule has 0 fully saturated rings. The monoisotopic (exact) mass is 286 g/mol. The highest BCUT2D eigenvalue weighted by Crippen LogP contribution is 2.27. The minimum atomic E-state index is -0.827. The molecule has 0 unspecified atom stereocenters. The van der Waals surface area contributed by atoms with Crippen LogP contribution in [0.5, 0.6) is 0 Å². The van der Waals surface area contributed by atoms with Gasteiger partial charge in [0.15, 0.2) is 0 Å². The lowest BCUT2D eigenvalue weighted by atomic mass is 9.91. The molecule has 0 saturated heterocycles. The summed E-state index contributed by atoms with van der Waals surface area (Å²) in [6.45, 7) is 1.99. The van der Waals surface area contributed by atoms with E-state index in [4.69, 9.17) is 10.2 Å². The topological polar surface area (TPSA) is 74.6 Å². The molecule has 2 N–H and O–H groups in total. The Balaban J connectivity index is 2.46. The van der Waals surface area contributed by atoms with Crippen LogP contribution in [-0.2, 0) is 22.4 Å². The Labute approximate surface area is 123 Å². The molecule has 0 spiro atoms. The zero-order valence-corrected chi connectivity index (χ0v) is 11.9. The van der Waals surface area contributed by atoms with Gasteiger partial charge in [0.1, 0.15) is 0 Å². The highest BCUT2D eigenvalue weighted by molar-refractivity contribution is 5.90. The van der Waals surface area contributed by atoms with Gasteiger partial charge in [-0.2, -0.15) is 0 Å². The summed E-state index contributed by atoms with van der Waals surface area (Å²) in [4.78, 5) is 21.6. The fourth-order valence-electron chi connectivity index (χ4n) is 2.61. The number of fused-ring (bicyclic) bond motifs is 1. The summed E-state index contributed by atoms with van der Waals surface area (Å²) in [6, 6.07) is 9.82. The van der Waals surface area contributed by atoms with E-state index in [2.05, 4.69) is 0 Å². The lowest BCUT2D eigenvalue weighted by molar-refractivity contribution is -0.137. The molecule has 0 aliphatic heterocycles. The molecular weight excluding hydrogens is 268 g/mol. The van der Waals surface area contributed by atoms with E-state index in [-0.39, 0.29) is 12.8 Å². The van der Waals surface area contributed by atoms with E-state index in [0.29, 0.717) is 12.8 Å². The van der Waals surface area contributed by atoms with Crippen LogP contribution in [0.4, 0.5) is 0 Å². The third kappa shape index (κ3) is 3.60. The van der Waals surface area contributed by atoms with E-state index < -0.39 is 11.9 Å². The van der Waals surface area contributed by atoms with Crippen molar-refractivity contribution in [2.45, 2.75) is 32.6 Å². The number of rotatable bonds is 6. The van der Waals surface area contributed by atoms with Crippen molar-refractivity contribution in [1.82, 2.24) is 0 Å². The van der Waals surface area contributed by atoms with Crippen molar-refractivity contribution < 1.29 is 19.8 Å². The van der Waals surface area contributed by atoms with Gasteiger partial charge in [0.05, 0.1) is 0 Å². The van der Waals surface area contributed by atoms with Crippen LogP contribution < -0.4 is 0 Å². The molecule has 2 aromatic carbocycles. The van der Waals surface area contributed by atoms with E-state index in [1.54, 1.807) is 0 Å². The number of carboxylic acid groups (broad SMARTS) is 2. The number of carboxylic acids is 2. The highest BCUT2D eigenvalue weighted by atomic mass is 16.4. The fourth-order valence-corrected chi connectivity index (χ4v) is 2.61. The molecule has 2 rings (SSSR count). The average Bonchev–Trinajstić information content (AvgIpc) is 2.45. The van der Waals surface area contributed by atoms with Gasteiger partial charge in [-0.3, -0.25) is 9.59 Å². The van der Waals surface area contributed by atoms with Crippen LogP contribution in [0, 0.1) is 6.92 Å². The van der Waals surface area contributed by atoms with Gasteiger partial charge in [-0.15, -0.1) is 0 Å². The summed E-state index contributed by atoms with van der Waals surface area (Å²) in [5.41, 5.74) is 3.03. The zero-order valence-electron chi connectivity index (χ0n) is 11.9. The second kappa shape index (κ2) is 6.39. The predicted octanol–water partition coefficient (Wildman–Crippen LogP) is 3.18. The molecule has 0 bridgehead atoms. The molecule has 0 amide bonds. The number of hydrogen-bond acceptors (Lipinski definition) is 2. The molecule has 110 valence electrons. The Morgan fingerprint density at radius 1 is 0.905 bits per heavy atom. The first-order valence-electron chi connectivity index (χ1n) is 6.92. The van der Waals surface area contributed by atoms with Crippen LogP contribution in [0.1, 0.15) is 29.5 Å². The molecule has 0 radical (unpaired) electrons. The number of benzene rings is 2. The Hall–Kier alpha value is -2.36. The molecule has 0 aliphatic rings. The van der Waals surface area contributed by atoms with Crippen LogP contribution in [0.2, 0.25) is 0 Å². The summed E-state index contributed by atoms with van der Waals surface area (Å²) >= 11 is 0. The van der Waals surface area contributed by atoms with Crippen LogP contribution in [-0.4, -0.2) is 22.2 Å². The third-order valence-corrected chi connectivity index (χ3v) is 3.72.